The molecule has 0 radical (unpaired) electrons. The summed E-state index contributed by atoms with van der Waals surface area (Å²) in [6.07, 6.45) is 5.32. The number of fused-ring (bicyclic) bond motifs is 3. The summed E-state index contributed by atoms with van der Waals surface area (Å²) in [6, 6.07) is 15.2. The minimum absolute atomic E-state index is 0.167. The van der Waals surface area contributed by atoms with Gasteiger partial charge in [0.05, 0.1) is 6.04 Å². The van der Waals surface area contributed by atoms with Gasteiger partial charge in [-0.2, -0.15) is 0 Å². The van der Waals surface area contributed by atoms with E-state index in [1.165, 1.54) is 5.56 Å². The van der Waals surface area contributed by atoms with Crippen LogP contribution in [0.15, 0.2) is 60.7 Å². The van der Waals surface area contributed by atoms with E-state index in [4.69, 9.17) is 11.6 Å². The Balaban J connectivity index is 1.74. The average molecular weight is 310 g/mol. The molecular weight excluding hydrogens is 294 g/mol. The maximum Gasteiger partial charge on any atom is 0.185 e. The molecule has 0 unspecified atom stereocenters. The zero-order chi connectivity index (χ0) is 15.1. The van der Waals surface area contributed by atoms with Crippen molar-refractivity contribution >= 4 is 23.1 Å². The van der Waals surface area contributed by atoms with Gasteiger partial charge in [0, 0.05) is 28.1 Å². The molecule has 110 valence electrons. The van der Waals surface area contributed by atoms with E-state index in [0.717, 1.165) is 22.7 Å². The van der Waals surface area contributed by atoms with E-state index in [9.17, 15) is 4.79 Å². The van der Waals surface area contributed by atoms with E-state index in [1.54, 1.807) is 0 Å². The molecule has 2 aromatic rings. The molecule has 0 saturated carbocycles. The van der Waals surface area contributed by atoms with Crippen LogP contribution < -0.4 is 5.32 Å². The van der Waals surface area contributed by atoms with Crippen LogP contribution in [0.2, 0.25) is 5.02 Å². The molecule has 3 heteroatoms. The zero-order valence-electron chi connectivity index (χ0n) is 12.0. The summed E-state index contributed by atoms with van der Waals surface area (Å²) >= 11 is 6.14. The van der Waals surface area contributed by atoms with Gasteiger partial charge in [0.15, 0.2) is 5.78 Å². The van der Waals surface area contributed by atoms with E-state index in [-0.39, 0.29) is 23.7 Å². The lowest BCUT2D eigenvalue weighted by Gasteiger charge is -2.36. The van der Waals surface area contributed by atoms with Gasteiger partial charge < -0.3 is 5.32 Å². The largest absolute Gasteiger partial charge is 0.374 e. The Hall–Kier alpha value is -2.06. The molecular formula is C19H16ClNO. The van der Waals surface area contributed by atoms with Crippen LogP contribution in [0.5, 0.6) is 0 Å². The maximum absolute atomic E-state index is 12.9. The monoisotopic (exact) mass is 309 g/mol. The van der Waals surface area contributed by atoms with Crippen LogP contribution in [0.1, 0.15) is 28.3 Å². The first-order valence-electron chi connectivity index (χ1n) is 7.56. The Morgan fingerprint density at radius 3 is 2.77 bits per heavy atom. The van der Waals surface area contributed by atoms with Gasteiger partial charge in [0.2, 0.25) is 0 Å². The Morgan fingerprint density at radius 1 is 1.14 bits per heavy atom. The third-order valence-corrected chi connectivity index (χ3v) is 4.90. The van der Waals surface area contributed by atoms with Crippen LogP contribution in [0.25, 0.3) is 0 Å². The van der Waals surface area contributed by atoms with Crippen LogP contribution in [0, 0.1) is 5.92 Å². The fourth-order valence-electron chi connectivity index (χ4n) is 3.61. The molecule has 1 N–H and O–H groups in total. The SMILES string of the molecule is O=C(c1ccccc1)[C@@H]1Nc2ccc(Cl)cc2[C@H]2C=CC[C@H]21. The number of halogens is 1. The number of ketones is 1. The molecule has 1 heterocycles. The van der Waals surface area contributed by atoms with Gasteiger partial charge in [-0.15, -0.1) is 0 Å². The minimum atomic E-state index is -0.184. The lowest BCUT2D eigenvalue weighted by molar-refractivity contribution is 0.0938. The van der Waals surface area contributed by atoms with Gasteiger partial charge in [-0.05, 0) is 30.2 Å². The average Bonchev–Trinajstić information content (AvgIpc) is 3.04. The molecule has 22 heavy (non-hydrogen) atoms. The molecule has 0 aromatic heterocycles. The molecule has 4 rings (SSSR count). The van der Waals surface area contributed by atoms with Crippen molar-refractivity contribution in [1.29, 1.82) is 0 Å². The molecule has 2 aliphatic rings. The van der Waals surface area contributed by atoms with Gasteiger partial charge in [-0.3, -0.25) is 4.79 Å². The first-order valence-corrected chi connectivity index (χ1v) is 7.94. The third-order valence-electron chi connectivity index (χ3n) is 4.67. The van der Waals surface area contributed by atoms with E-state index in [0.29, 0.717) is 0 Å². The van der Waals surface area contributed by atoms with Crippen molar-refractivity contribution in [3.05, 3.63) is 76.8 Å². The highest BCUT2D eigenvalue weighted by atomic mass is 35.5. The van der Waals surface area contributed by atoms with Crippen molar-refractivity contribution in [2.24, 2.45) is 5.92 Å². The molecule has 1 aliphatic carbocycles. The van der Waals surface area contributed by atoms with Gasteiger partial charge >= 0.3 is 0 Å². The molecule has 0 fully saturated rings. The Kier molecular flexibility index (Phi) is 3.27. The highest BCUT2D eigenvalue weighted by molar-refractivity contribution is 6.30. The number of hydrogen-bond donors (Lipinski definition) is 1. The van der Waals surface area contributed by atoms with Crippen molar-refractivity contribution in [3.63, 3.8) is 0 Å². The summed E-state index contributed by atoms with van der Waals surface area (Å²) in [7, 11) is 0. The second-order valence-corrected chi connectivity index (χ2v) is 6.37. The summed E-state index contributed by atoms with van der Waals surface area (Å²) < 4.78 is 0. The number of benzene rings is 2. The summed E-state index contributed by atoms with van der Waals surface area (Å²) in [6.45, 7) is 0. The molecule has 1 aliphatic heterocycles. The second kappa shape index (κ2) is 5.29. The smallest absolute Gasteiger partial charge is 0.185 e. The number of nitrogens with one attached hydrogen (secondary N) is 1. The molecule has 2 aromatic carbocycles. The van der Waals surface area contributed by atoms with E-state index < -0.39 is 0 Å². The van der Waals surface area contributed by atoms with Gasteiger partial charge in [0.1, 0.15) is 0 Å². The predicted octanol–water partition coefficient (Wildman–Crippen LogP) is 4.68. The Bertz CT molecular complexity index is 753. The fourth-order valence-corrected chi connectivity index (χ4v) is 3.79. The first kappa shape index (κ1) is 13.6. The summed E-state index contributed by atoms with van der Waals surface area (Å²) in [4.78, 5) is 12.9. The summed E-state index contributed by atoms with van der Waals surface area (Å²) in [5.74, 6) is 0.700. The topological polar surface area (TPSA) is 29.1 Å². The van der Waals surface area contributed by atoms with E-state index >= 15 is 0 Å². The van der Waals surface area contributed by atoms with Gasteiger partial charge in [0.25, 0.3) is 0 Å². The molecule has 0 amide bonds. The van der Waals surface area contributed by atoms with Gasteiger partial charge in [-0.1, -0.05) is 54.1 Å². The van der Waals surface area contributed by atoms with E-state index in [2.05, 4.69) is 17.5 Å². The first-order chi connectivity index (χ1) is 10.7. The van der Waals surface area contributed by atoms with Crippen LogP contribution in [0.4, 0.5) is 5.69 Å². The van der Waals surface area contributed by atoms with Crippen molar-refractivity contribution in [2.45, 2.75) is 18.4 Å². The molecule has 0 saturated heterocycles. The maximum atomic E-state index is 12.9. The number of allylic oxidation sites excluding steroid dienone is 2. The van der Waals surface area contributed by atoms with Crippen LogP contribution in [-0.2, 0) is 0 Å². The van der Waals surface area contributed by atoms with Gasteiger partial charge in [-0.25, -0.2) is 0 Å². The third kappa shape index (κ3) is 2.15. The highest BCUT2D eigenvalue weighted by Gasteiger charge is 2.40. The van der Waals surface area contributed by atoms with E-state index in [1.807, 2.05) is 48.5 Å². The normalized spacial score (nSPS) is 25.2. The second-order valence-electron chi connectivity index (χ2n) is 5.94. The van der Waals surface area contributed by atoms with Crippen molar-refractivity contribution in [2.75, 3.05) is 5.32 Å². The molecule has 2 nitrogen and oxygen atoms in total. The standard InChI is InChI=1S/C19H16ClNO/c20-13-9-10-17-16(11-13)14-7-4-8-15(14)18(21-17)19(22)12-5-2-1-3-6-12/h1-7,9-11,14-15,18,21H,8H2/t14-,15+,18+/m0/s1. The predicted molar refractivity (Wildman–Crippen MR) is 89.6 cm³/mol. The van der Waals surface area contributed by atoms with Crippen molar-refractivity contribution in [1.82, 2.24) is 0 Å². The molecule has 0 spiro atoms. The Morgan fingerprint density at radius 2 is 1.95 bits per heavy atom. The fraction of sp³-hybridized carbons (Fsp3) is 0.211. The minimum Gasteiger partial charge on any atom is -0.374 e. The molecule has 3 atom stereocenters. The van der Waals surface area contributed by atoms with Crippen LogP contribution in [-0.4, -0.2) is 11.8 Å². The van der Waals surface area contributed by atoms with Crippen LogP contribution >= 0.6 is 11.6 Å². The number of rotatable bonds is 2. The van der Waals surface area contributed by atoms with Crippen molar-refractivity contribution < 1.29 is 4.79 Å². The quantitative estimate of drug-likeness (QED) is 0.645. The number of carbonyl (C=O) groups is 1. The van der Waals surface area contributed by atoms with Crippen LogP contribution in [0.3, 0.4) is 0 Å². The number of anilines is 1. The highest BCUT2D eigenvalue weighted by Crippen LogP contribution is 2.45. The number of Topliss-reactive ketones (excluding diaryl/α,β-unsaturated/α-hetero) is 1. The Labute approximate surface area is 134 Å². The van der Waals surface area contributed by atoms with Crippen molar-refractivity contribution in [3.8, 4) is 0 Å². The number of carbonyl (C=O) groups excluding carboxylic acids is 1. The number of hydrogen-bond acceptors (Lipinski definition) is 2. The molecule has 0 bridgehead atoms. The summed E-state index contributed by atoms with van der Waals surface area (Å²) in [5.41, 5.74) is 2.98. The lowest BCUT2D eigenvalue weighted by Crippen LogP contribution is -2.42. The summed E-state index contributed by atoms with van der Waals surface area (Å²) in [5, 5.41) is 4.19. The lowest BCUT2D eigenvalue weighted by atomic mass is 9.77. The zero-order valence-corrected chi connectivity index (χ0v) is 12.8.